The molecule has 5 nitrogen and oxygen atoms in total. The molecule has 0 saturated carbocycles. The van der Waals surface area contributed by atoms with Crippen LogP contribution in [0.25, 0.3) is 0 Å². The van der Waals surface area contributed by atoms with Crippen LogP contribution < -0.4 is 10.1 Å². The number of carbonyl (C=O) groups is 2. The lowest BCUT2D eigenvalue weighted by molar-refractivity contribution is -0.147. The summed E-state index contributed by atoms with van der Waals surface area (Å²) in [6.07, 6.45) is 0.260. The van der Waals surface area contributed by atoms with E-state index >= 15 is 0 Å². The first-order chi connectivity index (χ1) is 9.79. The van der Waals surface area contributed by atoms with E-state index in [9.17, 15) is 9.59 Å². The maximum Gasteiger partial charge on any atom is 0.309 e. The number of rotatable bonds is 5. The Balaban J connectivity index is 1.85. The van der Waals surface area contributed by atoms with E-state index in [0.29, 0.717) is 30.2 Å². The van der Waals surface area contributed by atoms with E-state index in [-0.39, 0.29) is 5.91 Å². The number of aliphatic carboxylic acids is 1. The van der Waals surface area contributed by atoms with Crippen LogP contribution in [0, 0.1) is 5.41 Å². The van der Waals surface area contributed by atoms with Crippen LogP contribution in [0.1, 0.15) is 25.8 Å². The van der Waals surface area contributed by atoms with E-state index in [1.54, 1.807) is 32.0 Å². The molecule has 1 amide bonds. The highest BCUT2D eigenvalue weighted by Crippen LogP contribution is 2.31. The zero-order valence-corrected chi connectivity index (χ0v) is 12.7. The number of ether oxygens (including phenoxy) is 1. The van der Waals surface area contributed by atoms with Gasteiger partial charge in [0.2, 0.25) is 0 Å². The van der Waals surface area contributed by atoms with Crippen LogP contribution in [-0.4, -0.2) is 29.6 Å². The monoisotopic (exact) mass is 311 g/mol. The molecule has 1 heterocycles. The number of halogens is 1. The molecule has 2 rings (SSSR count). The van der Waals surface area contributed by atoms with E-state index in [1.807, 2.05) is 0 Å². The zero-order chi connectivity index (χ0) is 15.6. The van der Waals surface area contributed by atoms with Crippen LogP contribution in [-0.2, 0) is 16.0 Å². The van der Waals surface area contributed by atoms with Crippen LogP contribution >= 0.6 is 11.6 Å². The number of hydrogen-bond donors (Lipinski definition) is 2. The highest BCUT2D eigenvalue weighted by atomic mass is 35.5. The summed E-state index contributed by atoms with van der Waals surface area (Å²) in [7, 11) is 0. The van der Waals surface area contributed by atoms with Crippen LogP contribution in [0.3, 0.4) is 0 Å². The van der Waals surface area contributed by atoms with Crippen LogP contribution in [0.5, 0.6) is 5.75 Å². The molecule has 114 valence electrons. The van der Waals surface area contributed by atoms with Crippen molar-refractivity contribution < 1.29 is 19.4 Å². The molecule has 0 saturated heterocycles. The predicted octanol–water partition coefficient (Wildman–Crippen LogP) is 2.26. The van der Waals surface area contributed by atoms with Crippen LogP contribution in [0.15, 0.2) is 18.2 Å². The third-order valence-corrected chi connectivity index (χ3v) is 3.85. The highest BCUT2D eigenvalue weighted by molar-refractivity contribution is 6.30. The van der Waals surface area contributed by atoms with Crippen molar-refractivity contribution in [3.05, 3.63) is 28.8 Å². The first-order valence-electron chi connectivity index (χ1n) is 6.76. The lowest BCUT2D eigenvalue weighted by atomic mass is 9.90. The number of nitrogens with one attached hydrogen (secondary N) is 1. The van der Waals surface area contributed by atoms with E-state index in [2.05, 4.69) is 5.32 Å². The summed E-state index contributed by atoms with van der Waals surface area (Å²) >= 11 is 5.90. The standard InChI is InChI=1S/C15H18ClNO4/c1-15(2,14(19)20)5-6-17-13(18)12-8-9-7-10(16)3-4-11(9)21-12/h3-4,7,12H,5-6,8H2,1-2H3,(H,17,18)(H,19,20). The number of benzene rings is 1. The third kappa shape index (κ3) is 3.67. The second kappa shape index (κ2) is 5.93. The second-order valence-corrected chi connectivity index (χ2v) is 6.23. The molecule has 0 bridgehead atoms. The topological polar surface area (TPSA) is 75.6 Å². The normalized spacial score (nSPS) is 17.0. The summed E-state index contributed by atoms with van der Waals surface area (Å²) in [5.74, 6) is -0.440. The number of hydrogen-bond acceptors (Lipinski definition) is 3. The van der Waals surface area contributed by atoms with Gasteiger partial charge in [-0.15, -0.1) is 0 Å². The van der Waals surface area contributed by atoms with Gasteiger partial charge in [-0.25, -0.2) is 0 Å². The summed E-state index contributed by atoms with van der Waals surface area (Å²) < 4.78 is 5.57. The van der Waals surface area contributed by atoms with Gasteiger partial charge in [0.1, 0.15) is 5.75 Å². The summed E-state index contributed by atoms with van der Waals surface area (Å²) in [6.45, 7) is 3.56. The van der Waals surface area contributed by atoms with Crippen molar-refractivity contribution in [3.63, 3.8) is 0 Å². The molecule has 1 aliphatic heterocycles. The summed E-state index contributed by atoms with van der Waals surface area (Å²) in [4.78, 5) is 23.0. The fourth-order valence-corrected chi connectivity index (χ4v) is 2.28. The van der Waals surface area contributed by atoms with Crippen molar-refractivity contribution >= 4 is 23.5 Å². The average molecular weight is 312 g/mol. The molecular weight excluding hydrogens is 294 g/mol. The van der Waals surface area contributed by atoms with E-state index < -0.39 is 17.5 Å². The highest BCUT2D eigenvalue weighted by Gasteiger charge is 2.30. The van der Waals surface area contributed by atoms with Crippen LogP contribution in [0.2, 0.25) is 5.02 Å². The molecule has 21 heavy (non-hydrogen) atoms. The number of carboxylic acid groups (broad SMARTS) is 1. The van der Waals surface area contributed by atoms with Gasteiger partial charge < -0.3 is 15.2 Å². The fraction of sp³-hybridized carbons (Fsp3) is 0.467. The lowest BCUT2D eigenvalue weighted by Gasteiger charge is -2.19. The number of fused-ring (bicyclic) bond motifs is 1. The maximum atomic E-state index is 12.0. The summed E-state index contributed by atoms with van der Waals surface area (Å²) in [6, 6.07) is 5.26. The van der Waals surface area contributed by atoms with Gasteiger partial charge in [0.05, 0.1) is 5.41 Å². The van der Waals surface area contributed by atoms with Crippen molar-refractivity contribution in [2.24, 2.45) is 5.41 Å². The smallest absolute Gasteiger partial charge is 0.309 e. The quantitative estimate of drug-likeness (QED) is 0.874. The van der Waals surface area contributed by atoms with Crippen molar-refractivity contribution in [2.45, 2.75) is 32.8 Å². The molecule has 6 heteroatoms. The average Bonchev–Trinajstić information content (AvgIpc) is 2.81. The molecule has 0 aliphatic carbocycles. The van der Waals surface area contributed by atoms with Crippen molar-refractivity contribution in [2.75, 3.05) is 6.54 Å². The Kier molecular flexibility index (Phi) is 4.42. The number of amides is 1. The molecular formula is C15H18ClNO4. The maximum absolute atomic E-state index is 12.0. The van der Waals surface area contributed by atoms with Crippen molar-refractivity contribution in [3.8, 4) is 5.75 Å². The molecule has 0 spiro atoms. The first-order valence-corrected chi connectivity index (χ1v) is 7.13. The first kappa shape index (κ1) is 15.6. The van der Waals surface area contributed by atoms with Gasteiger partial charge in [0, 0.05) is 18.0 Å². The van der Waals surface area contributed by atoms with Gasteiger partial charge in [-0.1, -0.05) is 11.6 Å². The van der Waals surface area contributed by atoms with E-state index in [4.69, 9.17) is 21.4 Å². The third-order valence-electron chi connectivity index (χ3n) is 3.62. The Morgan fingerprint density at radius 3 is 2.86 bits per heavy atom. The van der Waals surface area contributed by atoms with Gasteiger partial charge >= 0.3 is 5.97 Å². The zero-order valence-electron chi connectivity index (χ0n) is 12.0. The minimum absolute atomic E-state index is 0.233. The SMILES string of the molecule is CC(C)(CCNC(=O)C1Cc2cc(Cl)ccc2O1)C(=O)O. The number of carbonyl (C=O) groups excluding carboxylic acids is 1. The fourth-order valence-electron chi connectivity index (χ4n) is 2.08. The van der Waals surface area contributed by atoms with E-state index in [0.717, 1.165) is 5.56 Å². The molecule has 0 radical (unpaired) electrons. The molecule has 1 aromatic carbocycles. The van der Waals surface area contributed by atoms with Gasteiger partial charge in [-0.05, 0) is 44.0 Å². The lowest BCUT2D eigenvalue weighted by Crippen LogP contribution is -2.39. The molecule has 2 N–H and O–H groups in total. The Hall–Kier alpha value is -1.75. The van der Waals surface area contributed by atoms with Gasteiger partial charge in [0.25, 0.3) is 5.91 Å². The summed E-state index contributed by atoms with van der Waals surface area (Å²) in [5.41, 5.74) is 0.0499. The minimum atomic E-state index is -0.879. The summed E-state index contributed by atoms with van der Waals surface area (Å²) in [5, 5.41) is 12.3. The Morgan fingerprint density at radius 1 is 1.48 bits per heavy atom. The molecule has 1 atom stereocenters. The number of carboxylic acids is 1. The van der Waals surface area contributed by atoms with Crippen molar-refractivity contribution in [1.82, 2.24) is 5.32 Å². The Labute approximate surface area is 128 Å². The predicted molar refractivity (Wildman–Crippen MR) is 78.6 cm³/mol. The van der Waals surface area contributed by atoms with Gasteiger partial charge in [0.15, 0.2) is 6.10 Å². The largest absolute Gasteiger partial charge is 0.481 e. The minimum Gasteiger partial charge on any atom is -0.481 e. The van der Waals surface area contributed by atoms with E-state index in [1.165, 1.54) is 0 Å². The van der Waals surface area contributed by atoms with Crippen LogP contribution in [0.4, 0.5) is 0 Å². The molecule has 0 aromatic heterocycles. The molecule has 1 aromatic rings. The van der Waals surface area contributed by atoms with Gasteiger partial charge in [-0.3, -0.25) is 9.59 Å². The Bertz CT molecular complexity index is 571. The van der Waals surface area contributed by atoms with Gasteiger partial charge in [-0.2, -0.15) is 0 Å². The second-order valence-electron chi connectivity index (χ2n) is 5.79. The van der Waals surface area contributed by atoms with Crippen molar-refractivity contribution in [1.29, 1.82) is 0 Å². The Morgan fingerprint density at radius 2 is 2.19 bits per heavy atom. The molecule has 1 aliphatic rings. The molecule has 1 unspecified atom stereocenters. The molecule has 0 fully saturated rings.